The molecule has 2 N–H and O–H groups in total. The highest BCUT2D eigenvalue weighted by Crippen LogP contribution is 2.13. The van der Waals surface area contributed by atoms with Crippen molar-refractivity contribution >= 4 is 5.91 Å². The number of aromatic nitrogens is 1. The molecule has 146 valence electrons. The van der Waals surface area contributed by atoms with Crippen molar-refractivity contribution in [1.29, 1.82) is 0 Å². The standard InChI is InChI=1S/C23H33N3O/c1-3-4-9-19(2)18-26(15-13-20-10-6-5-7-11-20)23(27)22(24)16-21-12-8-14-25-17-21/h5-8,10-12,14,17,19,22H,3-4,9,13,15-16,18,24H2,1-2H3/t19-,22+/m0/s1. The maximum atomic E-state index is 13.1. The molecule has 2 atom stereocenters. The van der Waals surface area contributed by atoms with Crippen LogP contribution in [0.5, 0.6) is 0 Å². The van der Waals surface area contributed by atoms with Gasteiger partial charge in [0, 0.05) is 25.5 Å². The van der Waals surface area contributed by atoms with Crippen molar-refractivity contribution < 1.29 is 4.79 Å². The number of unbranched alkanes of at least 4 members (excludes halogenated alkanes) is 1. The number of nitrogens with two attached hydrogens (primary N) is 1. The molecular formula is C23H33N3O. The van der Waals surface area contributed by atoms with E-state index in [0.29, 0.717) is 18.9 Å². The van der Waals surface area contributed by atoms with Gasteiger partial charge in [-0.05, 0) is 42.4 Å². The Balaban J connectivity index is 2.00. The summed E-state index contributed by atoms with van der Waals surface area (Å²) < 4.78 is 0. The van der Waals surface area contributed by atoms with Crippen LogP contribution < -0.4 is 5.73 Å². The van der Waals surface area contributed by atoms with E-state index in [1.165, 1.54) is 18.4 Å². The van der Waals surface area contributed by atoms with E-state index in [4.69, 9.17) is 5.73 Å². The quantitative estimate of drug-likeness (QED) is 0.656. The Morgan fingerprint density at radius 3 is 2.56 bits per heavy atom. The van der Waals surface area contributed by atoms with E-state index in [9.17, 15) is 4.79 Å². The number of hydrogen-bond donors (Lipinski definition) is 1. The first-order chi connectivity index (χ1) is 13.1. The molecule has 0 radical (unpaired) electrons. The van der Waals surface area contributed by atoms with Crippen molar-refractivity contribution in [2.24, 2.45) is 11.7 Å². The Kier molecular flexibility index (Phi) is 8.99. The smallest absolute Gasteiger partial charge is 0.239 e. The highest BCUT2D eigenvalue weighted by molar-refractivity contribution is 5.82. The van der Waals surface area contributed by atoms with Gasteiger partial charge in [0.2, 0.25) is 5.91 Å². The van der Waals surface area contributed by atoms with Gasteiger partial charge in [-0.2, -0.15) is 0 Å². The summed E-state index contributed by atoms with van der Waals surface area (Å²) in [6.07, 6.45) is 8.42. The molecule has 0 fully saturated rings. The van der Waals surface area contributed by atoms with Gasteiger partial charge in [0.25, 0.3) is 0 Å². The van der Waals surface area contributed by atoms with Crippen molar-refractivity contribution in [2.75, 3.05) is 13.1 Å². The first-order valence-electron chi connectivity index (χ1n) is 10.1. The van der Waals surface area contributed by atoms with Crippen LogP contribution in [0.3, 0.4) is 0 Å². The molecule has 0 spiro atoms. The van der Waals surface area contributed by atoms with Crippen LogP contribution in [0.1, 0.15) is 44.2 Å². The lowest BCUT2D eigenvalue weighted by Crippen LogP contribution is -2.47. The van der Waals surface area contributed by atoms with Gasteiger partial charge in [0.15, 0.2) is 0 Å². The zero-order valence-electron chi connectivity index (χ0n) is 16.7. The fraction of sp³-hybridized carbons (Fsp3) is 0.478. The minimum Gasteiger partial charge on any atom is -0.341 e. The Morgan fingerprint density at radius 1 is 1.15 bits per heavy atom. The van der Waals surface area contributed by atoms with E-state index in [0.717, 1.165) is 24.9 Å². The number of nitrogens with zero attached hydrogens (tertiary/aromatic N) is 2. The molecule has 27 heavy (non-hydrogen) atoms. The third-order valence-corrected chi connectivity index (χ3v) is 4.90. The maximum absolute atomic E-state index is 13.1. The molecule has 1 amide bonds. The van der Waals surface area contributed by atoms with E-state index in [1.807, 2.05) is 35.2 Å². The molecule has 0 aliphatic carbocycles. The number of pyridine rings is 1. The van der Waals surface area contributed by atoms with E-state index < -0.39 is 6.04 Å². The summed E-state index contributed by atoms with van der Waals surface area (Å²) in [7, 11) is 0. The molecule has 1 aromatic heterocycles. The lowest BCUT2D eigenvalue weighted by atomic mass is 10.0. The summed E-state index contributed by atoms with van der Waals surface area (Å²) in [5.41, 5.74) is 8.52. The normalized spacial score (nSPS) is 13.1. The number of rotatable bonds is 11. The second kappa shape index (κ2) is 11.5. The molecule has 2 rings (SSSR count). The second-order valence-electron chi connectivity index (χ2n) is 7.44. The predicted molar refractivity (Wildman–Crippen MR) is 111 cm³/mol. The summed E-state index contributed by atoms with van der Waals surface area (Å²) in [6.45, 7) is 5.91. The van der Waals surface area contributed by atoms with E-state index in [1.54, 1.807) is 12.4 Å². The van der Waals surface area contributed by atoms with Gasteiger partial charge in [0.05, 0.1) is 6.04 Å². The molecule has 2 aromatic rings. The first-order valence-corrected chi connectivity index (χ1v) is 10.1. The predicted octanol–water partition coefficient (Wildman–Crippen LogP) is 3.85. The zero-order chi connectivity index (χ0) is 19.5. The first kappa shape index (κ1) is 21.1. The van der Waals surface area contributed by atoms with Gasteiger partial charge in [-0.25, -0.2) is 0 Å². The molecule has 0 saturated carbocycles. The van der Waals surface area contributed by atoms with Crippen LogP contribution >= 0.6 is 0 Å². The number of amides is 1. The highest BCUT2D eigenvalue weighted by atomic mass is 16.2. The van der Waals surface area contributed by atoms with Gasteiger partial charge >= 0.3 is 0 Å². The van der Waals surface area contributed by atoms with Crippen molar-refractivity contribution in [1.82, 2.24) is 9.88 Å². The Labute approximate surface area is 163 Å². The van der Waals surface area contributed by atoms with Gasteiger partial charge in [0.1, 0.15) is 0 Å². The summed E-state index contributed by atoms with van der Waals surface area (Å²) in [4.78, 5) is 19.1. The summed E-state index contributed by atoms with van der Waals surface area (Å²) >= 11 is 0. The van der Waals surface area contributed by atoms with Gasteiger partial charge < -0.3 is 10.6 Å². The molecule has 1 aromatic carbocycles. The van der Waals surface area contributed by atoms with Crippen molar-refractivity contribution in [3.05, 3.63) is 66.0 Å². The third-order valence-electron chi connectivity index (χ3n) is 4.90. The summed E-state index contributed by atoms with van der Waals surface area (Å²) in [5, 5.41) is 0. The molecule has 4 heteroatoms. The van der Waals surface area contributed by atoms with Crippen molar-refractivity contribution in [3.8, 4) is 0 Å². The minimum atomic E-state index is -0.525. The van der Waals surface area contributed by atoms with Crippen molar-refractivity contribution in [3.63, 3.8) is 0 Å². The summed E-state index contributed by atoms with van der Waals surface area (Å²) in [6, 6.07) is 13.6. The maximum Gasteiger partial charge on any atom is 0.239 e. The lowest BCUT2D eigenvalue weighted by molar-refractivity contribution is -0.133. The largest absolute Gasteiger partial charge is 0.341 e. The SMILES string of the molecule is CCCC[C@H](C)CN(CCc1ccccc1)C(=O)[C@H](N)Cc1cccnc1. The summed E-state index contributed by atoms with van der Waals surface area (Å²) in [5.74, 6) is 0.522. The molecule has 1 heterocycles. The lowest BCUT2D eigenvalue weighted by Gasteiger charge is -2.28. The molecule has 0 unspecified atom stereocenters. The van der Waals surface area contributed by atoms with Crippen LogP contribution in [0.25, 0.3) is 0 Å². The van der Waals surface area contributed by atoms with Crippen molar-refractivity contribution in [2.45, 2.75) is 52.0 Å². The number of carbonyl (C=O) groups is 1. The van der Waals surface area contributed by atoms with Crippen LogP contribution in [0.4, 0.5) is 0 Å². The monoisotopic (exact) mass is 367 g/mol. The Morgan fingerprint density at radius 2 is 1.89 bits per heavy atom. The van der Waals surface area contributed by atoms with Crippen LogP contribution in [0.15, 0.2) is 54.9 Å². The van der Waals surface area contributed by atoms with E-state index >= 15 is 0 Å². The van der Waals surface area contributed by atoms with Crippen LogP contribution in [0.2, 0.25) is 0 Å². The average molecular weight is 368 g/mol. The molecule has 0 saturated heterocycles. The molecular weight excluding hydrogens is 334 g/mol. The Hall–Kier alpha value is -2.20. The minimum absolute atomic E-state index is 0.0399. The fourth-order valence-electron chi connectivity index (χ4n) is 3.31. The second-order valence-corrected chi connectivity index (χ2v) is 7.44. The topological polar surface area (TPSA) is 59.2 Å². The van der Waals surface area contributed by atoms with E-state index in [2.05, 4.69) is 31.0 Å². The fourth-order valence-corrected chi connectivity index (χ4v) is 3.31. The average Bonchev–Trinajstić information content (AvgIpc) is 2.70. The number of hydrogen-bond acceptors (Lipinski definition) is 3. The van der Waals surface area contributed by atoms with Crippen LogP contribution in [-0.4, -0.2) is 34.9 Å². The van der Waals surface area contributed by atoms with Crippen LogP contribution in [0, 0.1) is 5.92 Å². The van der Waals surface area contributed by atoms with Gasteiger partial charge in [-0.15, -0.1) is 0 Å². The van der Waals surface area contributed by atoms with Gasteiger partial charge in [-0.3, -0.25) is 9.78 Å². The molecule has 0 aliphatic rings. The number of benzene rings is 1. The zero-order valence-corrected chi connectivity index (χ0v) is 16.7. The Bertz CT molecular complexity index is 660. The van der Waals surface area contributed by atoms with Gasteiger partial charge in [-0.1, -0.05) is 63.1 Å². The number of carbonyl (C=O) groups excluding carboxylic acids is 1. The third kappa shape index (κ3) is 7.51. The molecule has 4 nitrogen and oxygen atoms in total. The molecule has 0 aliphatic heterocycles. The molecule has 0 bridgehead atoms. The van der Waals surface area contributed by atoms with E-state index in [-0.39, 0.29) is 5.91 Å². The van der Waals surface area contributed by atoms with Crippen LogP contribution in [-0.2, 0) is 17.6 Å². The highest BCUT2D eigenvalue weighted by Gasteiger charge is 2.22.